The first-order chi connectivity index (χ1) is 8.65. The fraction of sp³-hybridized carbons (Fsp3) is 0.667. The minimum absolute atomic E-state index is 0.475. The Morgan fingerprint density at radius 1 is 1.17 bits per heavy atom. The Morgan fingerprint density at radius 3 is 2.44 bits per heavy atom. The zero-order chi connectivity index (χ0) is 13.0. The summed E-state index contributed by atoms with van der Waals surface area (Å²) in [6.45, 7) is 6.42. The van der Waals surface area contributed by atoms with Gasteiger partial charge in [0.2, 0.25) is 0 Å². The monoisotopic (exact) mass is 250 g/mol. The second kappa shape index (κ2) is 5.97. The third kappa shape index (κ3) is 3.54. The van der Waals surface area contributed by atoms with Crippen LogP contribution in [0, 0.1) is 0 Å². The Kier molecular flexibility index (Phi) is 4.33. The molecule has 0 aliphatic carbocycles. The van der Waals surface area contributed by atoms with Crippen LogP contribution in [0.5, 0.6) is 0 Å². The van der Waals surface area contributed by atoms with E-state index < -0.39 is 0 Å². The highest BCUT2D eigenvalue weighted by Crippen LogP contribution is 2.12. The van der Waals surface area contributed by atoms with Crippen molar-refractivity contribution in [3.63, 3.8) is 0 Å². The van der Waals surface area contributed by atoms with Gasteiger partial charge in [-0.1, -0.05) is 0 Å². The molecule has 100 valence electrons. The van der Waals surface area contributed by atoms with Gasteiger partial charge in [-0.05, 0) is 14.1 Å². The van der Waals surface area contributed by atoms with Crippen LogP contribution in [0.1, 0.15) is 0 Å². The summed E-state index contributed by atoms with van der Waals surface area (Å²) in [5.74, 6) is 1.40. The molecule has 0 unspecified atom stereocenters. The Balaban J connectivity index is 1.81. The van der Waals surface area contributed by atoms with E-state index in [0.717, 1.165) is 45.1 Å². The van der Waals surface area contributed by atoms with Gasteiger partial charge in [-0.15, -0.1) is 0 Å². The van der Waals surface area contributed by atoms with Gasteiger partial charge in [0, 0.05) is 39.3 Å². The summed E-state index contributed by atoms with van der Waals surface area (Å²) < 4.78 is 0. The third-order valence-corrected chi connectivity index (χ3v) is 3.22. The van der Waals surface area contributed by atoms with Gasteiger partial charge < -0.3 is 15.5 Å². The van der Waals surface area contributed by atoms with E-state index >= 15 is 0 Å². The summed E-state index contributed by atoms with van der Waals surface area (Å²) in [6.07, 6.45) is 3.37. The van der Waals surface area contributed by atoms with Gasteiger partial charge in [-0.25, -0.2) is 9.97 Å². The van der Waals surface area contributed by atoms with Crippen molar-refractivity contribution >= 4 is 11.6 Å². The zero-order valence-corrected chi connectivity index (χ0v) is 11.2. The maximum atomic E-state index is 5.54. The van der Waals surface area contributed by atoms with E-state index in [-0.39, 0.29) is 0 Å². The number of anilines is 2. The molecule has 0 radical (unpaired) electrons. The van der Waals surface area contributed by atoms with E-state index in [4.69, 9.17) is 5.73 Å². The second-order valence-electron chi connectivity index (χ2n) is 4.93. The molecule has 1 fully saturated rings. The van der Waals surface area contributed by atoms with Crippen LogP contribution in [0.3, 0.4) is 0 Å². The topological polar surface area (TPSA) is 61.5 Å². The van der Waals surface area contributed by atoms with Crippen LogP contribution >= 0.6 is 0 Å². The SMILES string of the molecule is CN(C)CCN1CCN(c2cnc(N)cn2)CC1. The molecule has 0 aromatic carbocycles. The van der Waals surface area contributed by atoms with E-state index in [1.165, 1.54) is 0 Å². The maximum absolute atomic E-state index is 5.54. The molecule has 0 spiro atoms. The Hall–Kier alpha value is -1.40. The highest BCUT2D eigenvalue weighted by Gasteiger charge is 2.17. The first kappa shape index (κ1) is 13.0. The molecule has 1 aromatic rings. The van der Waals surface area contributed by atoms with Crippen molar-refractivity contribution in [3.8, 4) is 0 Å². The average Bonchev–Trinajstić information content (AvgIpc) is 2.38. The fourth-order valence-electron chi connectivity index (χ4n) is 2.04. The van der Waals surface area contributed by atoms with Gasteiger partial charge in [0.25, 0.3) is 0 Å². The Labute approximate surface area is 108 Å². The zero-order valence-electron chi connectivity index (χ0n) is 11.2. The smallest absolute Gasteiger partial charge is 0.147 e. The normalized spacial score (nSPS) is 17.4. The van der Waals surface area contributed by atoms with Crippen molar-refractivity contribution < 1.29 is 0 Å². The fourth-order valence-corrected chi connectivity index (χ4v) is 2.04. The van der Waals surface area contributed by atoms with Crippen molar-refractivity contribution in [1.82, 2.24) is 19.8 Å². The number of aromatic nitrogens is 2. The minimum Gasteiger partial charge on any atom is -0.382 e. The lowest BCUT2D eigenvalue weighted by Gasteiger charge is -2.35. The summed E-state index contributed by atoms with van der Waals surface area (Å²) in [6, 6.07) is 0. The lowest BCUT2D eigenvalue weighted by Crippen LogP contribution is -2.48. The van der Waals surface area contributed by atoms with E-state index in [2.05, 4.69) is 38.8 Å². The summed E-state index contributed by atoms with van der Waals surface area (Å²) >= 11 is 0. The van der Waals surface area contributed by atoms with Gasteiger partial charge in [0.05, 0.1) is 12.4 Å². The molecule has 2 N–H and O–H groups in total. The van der Waals surface area contributed by atoms with Crippen molar-refractivity contribution in [2.24, 2.45) is 0 Å². The third-order valence-electron chi connectivity index (χ3n) is 3.22. The first-order valence-corrected chi connectivity index (χ1v) is 6.35. The van der Waals surface area contributed by atoms with Gasteiger partial charge in [0.15, 0.2) is 0 Å². The average molecular weight is 250 g/mol. The van der Waals surface area contributed by atoms with Gasteiger partial charge >= 0.3 is 0 Å². The summed E-state index contributed by atoms with van der Waals surface area (Å²) in [7, 11) is 4.22. The molecule has 1 aliphatic heterocycles. The molecule has 0 saturated carbocycles. The van der Waals surface area contributed by atoms with Gasteiger partial charge in [-0.3, -0.25) is 4.90 Å². The van der Waals surface area contributed by atoms with Crippen LogP contribution in [-0.2, 0) is 0 Å². The van der Waals surface area contributed by atoms with Crippen molar-refractivity contribution in [1.29, 1.82) is 0 Å². The number of nitrogens with two attached hydrogens (primary N) is 1. The molecule has 2 heterocycles. The highest BCUT2D eigenvalue weighted by atomic mass is 15.3. The van der Waals surface area contributed by atoms with Crippen molar-refractivity contribution in [3.05, 3.63) is 12.4 Å². The molecule has 2 rings (SSSR count). The maximum Gasteiger partial charge on any atom is 0.147 e. The van der Waals surface area contributed by atoms with Crippen LogP contribution in [0.25, 0.3) is 0 Å². The Morgan fingerprint density at radius 2 is 1.89 bits per heavy atom. The van der Waals surface area contributed by atoms with E-state index in [9.17, 15) is 0 Å². The number of likely N-dealkylation sites (N-methyl/N-ethyl adjacent to an activating group) is 1. The largest absolute Gasteiger partial charge is 0.382 e. The van der Waals surface area contributed by atoms with Crippen molar-refractivity contribution in [2.45, 2.75) is 0 Å². The predicted octanol–water partition coefficient (Wildman–Crippen LogP) is -0.258. The lowest BCUT2D eigenvalue weighted by atomic mass is 10.3. The molecule has 1 saturated heterocycles. The van der Waals surface area contributed by atoms with Crippen molar-refractivity contribution in [2.75, 3.05) is 64.0 Å². The van der Waals surface area contributed by atoms with Crippen LogP contribution in [0.15, 0.2) is 12.4 Å². The number of rotatable bonds is 4. The first-order valence-electron chi connectivity index (χ1n) is 6.35. The molecule has 0 bridgehead atoms. The van der Waals surface area contributed by atoms with Gasteiger partial charge in [0.1, 0.15) is 11.6 Å². The molecule has 6 heteroatoms. The Bertz CT molecular complexity index is 355. The van der Waals surface area contributed by atoms with E-state index in [1.807, 2.05) is 0 Å². The van der Waals surface area contributed by atoms with E-state index in [0.29, 0.717) is 5.82 Å². The summed E-state index contributed by atoms with van der Waals surface area (Å²) in [5.41, 5.74) is 5.54. The standard InChI is InChI=1S/C12H22N6/c1-16(2)3-4-17-5-7-18(8-6-17)12-10-14-11(13)9-15-12/h9-10H,3-8H2,1-2H3,(H2,13,14). The number of hydrogen-bond donors (Lipinski definition) is 1. The molecule has 1 aliphatic rings. The molecular weight excluding hydrogens is 228 g/mol. The lowest BCUT2D eigenvalue weighted by molar-refractivity contribution is 0.229. The number of hydrogen-bond acceptors (Lipinski definition) is 6. The number of nitrogens with zero attached hydrogens (tertiary/aromatic N) is 5. The molecule has 0 atom stereocenters. The van der Waals surface area contributed by atoms with Crippen LogP contribution in [0.2, 0.25) is 0 Å². The summed E-state index contributed by atoms with van der Waals surface area (Å²) in [5, 5.41) is 0. The quantitative estimate of drug-likeness (QED) is 0.794. The molecule has 0 amide bonds. The molecule has 18 heavy (non-hydrogen) atoms. The molecule has 6 nitrogen and oxygen atoms in total. The molecule has 1 aromatic heterocycles. The second-order valence-corrected chi connectivity index (χ2v) is 4.93. The van der Waals surface area contributed by atoms with Gasteiger partial charge in [-0.2, -0.15) is 0 Å². The number of nitrogen functional groups attached to an aromatic ring is 1. The van der Waals surface area contributed by atoms with Crippen LogP contribution in [-0.4, -0.2) is 73.1 Å². The highest BCUT2D eigenvalue weighted by molar-refractivity contribution is 5.39. The van der Waals surface area contributed by atoms with Crippen LogP contribution < -0.4 is 10.6 Å². The number of piperazine rings is 1. The van der Waals surface area contributed by atoms with Crippen LogP contribution in [0.4, 0.5) is 11.6 Å². The predicted molar refractivity (Wildman–Crippen MR) is 73.7 cm³/mol. The minimum atomic E-state index is 0.475. The summed E-state index contributed by atoms with van der Waals surface area (Å²) in [4.78, 5) is 15.4. The van der Waals surface area contributed by atoms with E-state index in [1.54, 1.807) is 12.4 Å². The molecular formula is C12H22N6.